The molecule has 2 rings (SSSR count). The summed E-state index contributed by atoms with van der Waals surface area (Å²) in [5, 5.41) is 9.24. The standard InChI is InChI=1S/C14H18O3/c1-9-5-6-11(10(2)8-9)13-12(14(15)16)4-3-7-17-13/h5-6,8,12-13H,3-4,7H2,1-2H3,(H,15,16). The fourth-order valence-electron chi connectivity index (χ4n) is 2.49. The van der Waals surface area contributed by atoms with Crippen LogP contribution in [0.5, 0.6) is 0 Å². The average Bonchev–Trinajstić information content (AvgIpc) is 2.29. The Morgan fingerprint density at radius 2 is 2.18 bits per heavy atom. The second-order valence-corrected chi connectivity index (χ2v) is 4.74. The number of carboxylic acids is 1. The van der Waals surface area contributed by atoms with Gasteiger partial charge in [0.25, 0.3) is 0 Å². The molecule has 0 saturated carbocycles. The van der Waals surface area contributed by atoms with Gasteiger partial charge in [-0.05, 0) is 37.8 Å². The molecule has 0 aromatic heterocycles. The number of rotatable bonds is 2. The molecule has 1 N–H and O–H groups in total. The van der Waals surface area contributed by atoms with Gasteiger partial charge in [-0.25, -0.2) is 0 Å². The third-order valence-electron chi connectivity index (χ3n) is 3.37. The fraction of sp³-hybridized carbons (Fsp3) is 0.500. The first kappa shape index (κ1) is 12.1. The maximum atomic E-state index is 11.2. The van der Waals surface area contributed by atoms with Crippen molar-refractivity contribution in [2.24, 2.45) is 5.92 Å². The summed E-state index contributed by atoms with van der Waals surface area (Å²) in [6.45, 7) is 4.70. The van der Waals surface area contributed by atoms with Gasteiger partial charge >= 0.3 is 5.97 Å². The lowest BCUT2D eigenvalue weighted by atomic mass is 9.87. The number of benzene rings is 1. The van der Waals surface area contributed by atoms with Crippen LogP contribution in [0.3, 0.4) is 0 Å². The van der Waals surface area contributed by atoms with Gasteiger partial charge in [0.1, 0.15) is 0 Å². The predicted octanol–water partition coefficient (Wildman–Crippen LogP) is 2.86. The van der Waals surface area contributed by atoms with Crippen molar-refractivity contribution in [1.29, 1.82) is 0 Å². The van der Waals surface area contributed by atoms with E-state index in [9.17, 15) is 9.90 Å². The molecule has 0 bridgehead atoms. The zero-order valence-corrected chi connectivity index (χ0v) is 10.3. The minimum Gasteiger partial charge on any atom is -0.481 e. The SMILES string of the molecule is Cc1ccc(C2OCCCC2C(=O)O)c(C)c1. The van der Waals surface area contributed by atoms with E-state index in [1.165, 1.54) is 5.56 Å². The quantitative estimate of drug-likeness (QED) is 0.855. The Kier molecular flexibility index (Phi) is 3.48. The van der Waals surface area contributed by atoms with Crippen molar-refractivity contribution in [3.8, 4) is 0 Å². The molecule has 2 atom stereocenters. The van der Waals surface area contributed by atoms with E-state index in [1.54, 1.807) is 0 Å². The van der Waals surface area contributed by atoms with E-state index in [4.69, 9.17) is 4.74 Å². The Bertz CT molecular complexity index is 425. The molecule has 17 heavy (non-hydrogen) atoms. The minimum atomic E-state index is -0.755. The smallest absolute Gasteiger partial charge is 0.309 e. The van der Waals surface area contributed by atoms with Gasteiger partial charge in [0.2, 0.25) is 0 Å². The van der Waals surface area contributed by atoms with Crippen molar-refractivity contribution >= 4 is 5.97 Å². The van der Waals surface area contributed by atoms with Crippen molar-refractivity contribution in [3.63, 3.8) is 0 Å². The average molecular weight is 234 g/mol. The van der Waals surface area contributed by atoms with Gasteiger partial charge in [0.15, 0.2) is 0 Å². The topological polar surface area (TPSA) is 46.5 Å². The van der Waals surface area contributed by atoms with Crippen LogP contribution < -0.4 is 0 Å². The molecule has 1 saturated heterocycles. The van der Waals surface area contributed by atoms with Gasteiger partial charge < -0.3 is 9.84 Å². The number of aliphatic carboxylic acids is 1. The summed E-state index contributed by atoms with van der Waals surface area (Å²) in [5.74, 6) is -1.17. The number of aryl methyl sites for hydroxylation is 2. The van der Waals surface area contributed by atoms with Crippen LogP contribution in [0.15, 0.2) is 18.2 Å². The largest absolute Gasteiger partial charge is 0.481 e. The maximum absolute atomic E-state index is 11.2. The van der Waals surface area contributed by atoms with Gasteiger partial charge in [-0.1, -0.05) is 23.8 Å². The summed E-state index contributed by atoms with van der Waals surface area (Å²) in [6.07, 6.45) is 1.24. The normalized spacial score (nSPS) is 24.6. The van der Waals surface area contributed by atoms with Gasteiger partial charge in [0, 0.05) is 6.61 Å². The van der Waals surface area contributed by atoms with Crippen molar-refractivity contribution in [1.82, 2.24) is 0 Å². The summed E-state index contributed by atoms with van der Waals surface area (Å²) in [6, 6.07) is 6.09. The highest BCUT2D eigenvalue weighted by molar-refractivity contribution is 5.71. The molecule has 1 aromatic carbocycles. The van der Waals surface area contributed by atoms with Crippen LogP contribution in [0, 0.1) is 19.8 Å². The second kappa shape index (κ2) is 4.88. The second-order valence-electron chi connectivity index (χ2n) is 4.74. The zero-order chi connectivity index (χ0) is 12.4. The van der Waals surface area contributed by atoms with Crippen molar-refractivity contribution in [2.75, 3.05) is 6.61 Å². The molecule has 1 aromatic rings. The van der Waals surface area contributed by atoms with Gasteiger partial charge in [-0.3, -0.25) is 4.79 Å². The molecule has 0 spiro atoms. The lowest BCUT2D eigenvalue weighted by molar-refractivity contribution is -0.151. The van der Waals surface area contributed by atoms with E-state index in [2.05, 4.69) is 6.07 Å². The number of hydrogen-bond acceptors (Lipinski definition) is 2. The Morgan fingerprint density at radius 1 is 1.41 bits per heavy atom. The molecule has 1 heterocycles. The lowest BCUT2D eigenvalue weighted by Gasteiger charge is -2.30. The summed E-state index contributed by atoms with van der Waals surface area (Å²) in [4.78, 5) is 11.2. The molecule has 1 fully saturated rings. The van der Waals surface area contributed by atoms with Crippen LogP contribution in [0.2, 0.25) is 0 Å². The minimum absolute atomic E-state index is 0.290. The van der Waals surface area contributed by atoms with Crippen molar-refractivity contribution < 1.29 is 14.6 Å². The molecule has 0 amide bonds. The van der Waals surface area contributed by atoms with E-state index in [0.717, 1.165) is 17.5 Å². The molecule has 0 aliphatic carbocycles. The van der Waals surface area contributed by atoms with E-state index >= 15 is 0 Å². The lowest BCUT2D eigenvalue weighted by Crippen LogP contribution is -2.29. The van der Waals surface area contributed by atoms with E-state index in [0.29, 0.717) is 13.0 Å². The number of carbonyl (C=O) groups is 1. The van der Waals surface area contributed by atoms with Gasteiger partial charge in [0.05, 0.1) is 12.0 Å². The van der Waals surface area contributed by atoms with Crippen LogP contribution in [0.1, 0.15) is 35.6 Å². The third-order valence-corrected chi connectivity index (χ3v) is 3.37. The molecular weight excluding hydrogens is 216 g/mol. The first-order valence-electron chi connectivity index (χ1n) is 6.01. The zero-order valence-electron chi connectivity index (χ0n) is 10.3. The first-order valence-corrected chi connectivity index (χ1v) is 6.01. The van der Waals surface area contributed by atoms with E-state index < -0.39 is 11.9 Å². The molecule has 1 aliphatic heterocycles. The summed E-state index contributed by atoms with van der Waals surface area (Å²) < 4.78 is 5.68. The van der Waals surface area contributed by atoms with Crippen LogP contribution in [-0.4, -0.2) is 17.7 Å². The highest BCUT2D eigenvalue weighted by Gasteiger charge is 2.33. The highest BCUT2D eigenvalue weighted by atomic mass is 16.5. The predicted molar refractivity (Wildman–Crippen MR) is 65.0 cm³/mol. The molecule has 92 valence electrons. The van der Waals surface area contributed by atoms with Crippen LogP contribution in [0.4, 0.5) is 0 Å². The number of hydrogen-bond donors (Lipinski definition) is 1. The molecule has 3 heteroatoms. The van der Waals surface area contributed by atoms with E-state index in [-0.39, 0.29) is 6.10 Å². The summed E-state index contributed by atoms with van der Waals surface area (Å²) in [7, 11) is 0. The Hall–Kier alpha value is -1.35. The van der Waals surface area contributed by atoms with Crippen LogP contribution in [0.25, 0.3) is 0 Å². The van der Waals surface area contributed by atoms with Gasteiger partial charge in [-0.15, -0.1) is 0 Å². The Morgan fingerprint density at radius 3 is 2.82 bits per heavy atom. The Balaban J connectivity index is 2.32. The first-order chi connectivity index (χ1) is 8.09. The molecule has 3 nitrogen and oxygen atoms in total. The van der Waals surface area contributed by atoms with Gasteiger partial charge in [-0.2, -0.15) is 0 Å². The van der Waals surface area contributed by atoms with E-state index in [1.807, 2.05) is 26.0 Å². The fourth-order valence-corrected chi connectivity index (χ4v) is 2.49. The maximum Gasteiger partial charge on any atom is 0.309 e. The molecule has 1 aliphatic rings. The van der Waals surface area contributed by atoms with Crippen LogP contribution >= 0.6 is 0 Å². The molecule has 0 radical (unpaired) electrons. The van der Waals surface area contributed by atoms with Crippen molar-refractivity contribution in [2.45, 2.75) is 32.8 Å². The third kappa shape index (κ3) is 2.50. The number of carboxylic acid groups (broad SMARTS) is 1. The van der Waals surface area contributed by atoms with Crippen molar-refractivity contribution in [3.05, 3.63) is 34.9 Å². The Labute approximate surface area is 101 Å². The summed E-state index contributed by atoms with van der Waals surface area (Å²) >= 11 is 0. The molecule has 2 unspecified atom stereocenters. The molecular formula is C14H18O3. The summed E-state index contributed by atoms with van der Waals surface area (Å²) in [5.41, 5.74) is 3.32. The van der Waals surface area contributed by atoms with Crippen LogP contribution in [-0.2, 0) is 9.53 Å². The highest BCUT2D eigenvalue weighted by Crippen LogP contribution is 2.35. The monoisotopic (exact) mass is 234 g/mol. The number of ether oxygens (including phenoxy) is 1.